The van der Waals surface area contributed by atoms with Crippen molar-refractivity contribution in [2.45, 2.75) is 56.9 Å². The van der Waals surface area contributed by atoms with Gasteiger partial charge < -0.3 is 15.2 Å². The Hall–Kier alpha value is -1.10. The molecule has 1 heterocycles. The highest BCUT2D eigenvalue weighted by atomic mass is 16.5. The summed E-state index contributed by atoms with van der Waals surface area (Å²) in [6.07, 6.45) is 7.01. The van der Waals surface area contributed by atoms with Crippen LogP contribution < -0.4 is 5.32 Å². The Balaban J connectivity index is 1.89. The molecule has 5 heteroatoms. The Morgan fingerprint density at radius 1 is 1.16 bits per heavy atom. The SMILES string of the molecule is O=C(CC1CCCCC1)NC1(C(=O)O)CCOCC1. The summed E-state index contributed by atoms with van der Waals surface area (Å²) >= 11 is 0. The van der Waals surface area contributed by atoms with Crippen molar-refractivity contribution in [2.24, 2.45) is 5.92 Å². The van der Waals surface area contributed by atoms with Gasteiger partial charge in [-0.15, -0.1) is 0 Å². The Labute approximate surface area is 113 Å². The van der Waals surface area contributed by atoms with E-state index in [4.69, 9.17) is 4.74 Å². The molecule has 2 N–H and O–H groups in total. The third-order valence-electron chi connectivity index (χ3n) is 4.33. The van der Waals surface area contributed by atoms with Crippen molar-refractivity contribution >= 4 is 11.9 Å². The molecule has 0 spiro atoms. The van der Waals surface area contributed by atoms with Gasteiger partial charge >= 0.3 is 5.97 Å². The van der Waals surface area contributed by atoms with E-state index in [1.807, 2.05) is 0 Å². The van der Waals surface area contributed by atoms with Gasteiger partial charge in [0.1, 0.15) is 5.54 Å². The lowest BCUT2D eigenvalue weighted by molar-refractivity contribution is -0.152. The van der Waals surface area contributed by atoms with E-state index in [-0.39, 0.29) is 5.91 Å². The Kier molecular flexibility index (Phi) is 4.80. The molecule has 108 valence electrons. The Bertz CT molecular complexity index is 330. The number of carbonyl (C=O) groups excluding carboxylic acids is 1. The van der Waals surface area contributed by atoms with Crippen LogP contribution in [-0.2, 0) is 14.3 Å². The topological polar surface area (TPSA) is 75.6 Å². The zero-order valence-corrected chi connectivity index (χ0v) is 11.3. The molecule has 1 aliphatic heterocycles. The van der Waals surface area contributed by atoms with E-state index in [2.05, 4.69) is 5.32 Å². The van der Waals surface area contributed by atoms with Crippen LogP contribution in [0.3, 0.4) is 0 Å². The number of amides is 1. The van der Waals surface area contributed by atoms with Crippen LogP contribution in [0.2, 0.25) is 0 Å². The molecule has 5 nitrogen and oxygen atoms in total. The highest BCUT2D eigenvalue weighted by Gasteiger charge is 2.41. The second-order valence-corrected chi connectivity index (χ2v) is 5.76. The predicted octanol–water partition coefficient (Wildman–Crippen LogP) is 1.71. The maximum atomic E-state index is 12.1. The quantitative estimate of drug-likeness (QED) is 0.814. The molecule has 0 aromatic rings. The molecule has 0 radical (unpaired) electrons. The molecule has 1 saturated carbocycles. The molecule has 0 aromatic carbocycles. The molecule has 0 bridgehead atoms. The summed E-state index contributed by atoms with van der Waals surface area (Å²) in [6.45, 7) is 0.798. The fraction of sp³-hybridized carbons (Fsp3) is 0.857. The van der Waals surface area contributed by atoms with Gasteiger partial charge in [0.05, 0.1) is 0 Å². The number of aliphatic carboxylic acids is 1. The van der Waals surface area contributed by atoms with E-state index in [1.165, 1.54) is 19.3 Å². The molecular formula is C14H23NO4. The number of carboxylic acid groups (broad SMARTS) is 1. The van der Waals surface area contributed by atoms with Crippen molar-refractivity contribution in [2.75, 3.05) is 13.2 Å². The Morgan fingerprint density at radius 2 is 1.79 bits per heavy atom. The zero-order chi connectivity index (χ0) is 13.7. The molecule has 2 aliphatic rings. The van der Waals surface area contributed by atoms with Crippen LogP contribution in [0.1, 0.15) is 51.4 Å². The van der Waals surface area contributed by atoms with E-state index in [0.717, 1.165) is 12.8 Å². The molecule has 0 unspecified atom stereocenters. The van der Waals surface area contributed by atoms with Crippen molar-refractivity contribution in [1.29, 1.82) is 0 Å². The van der Waals surface area contributed by atoms with Gasteiger partial charge in [0.2, 0.25) is 5.91 Å². The van der Waals surface area contributed by atoms with Crippen LogP contribution in [0, 0.1) is 5.92 Å². The number of ether oxygens (including phenoxy) is 1. The summed E-state index contributed by atoms with van der Waals surface area (Å²) in [4.78, 5) is 23.5. The van der Waals surface area contributed by atoms with E-state index in [0.29, 0.717) is 38.4 Å². The summed E-state index contributed by atoms with van der Waals surface area (Å²) in [5, 5.41) is 12.1. The lowest BCUT2D eigenvalue weighted by atomic mass is 9.85. The molecule has 0 aromatic heterocycles. The van der Waals surface area contributed by atoms with Crippen molar-refractivity contribution in [1.82, 2.24) is 5.32 Å². The van der Waals surface area contributed by atoms with Crippen molar-refractivity contribution in [3.05, 3.63) is 0 Å². The highest BCUT2D eigenvalue weighted by molar-refractivity contribution is 5.87. The van der Waals surface area contributed by atoms with Crippen LogP contribution in [0.15, 0.2) is 0 Å². The third kappa shape index (κ3) is 3.69. The van der Waals surface area contributed by atoms with Gasteiger partial charge in [-0.1, -0.05) is 19.3 Å². The first-order valence-electron chi connectivity index (χ1n) is 7.24. The van der Waals surface area contributed by atoms with Gasteiger partial charge in [0, 0.05) is 32.5 Å². The maximum absolute atomic E-state index is 12.1. The first-order valence-corrected chi connectivity index (χ1v) is 7.24. The van der Waals surface area contributed by atoms with E-state index in [1.54, 1.807) is 0 Å². The van der Waals surface area contributed by atoms with Crippen LogP contribution in [0.4, 0.5) is 0 Å². The standard InChI is InChI=1S/C14H23NO4/c16-12(10-11-4-2-1-3-5-11)15-14(13(17)18)6-8-19-9-7-14/h11H,1-10H2,(H,15,16)(H,17,18). The summed E-state index contributed by atoms with van der Waals surface area (Å²) in [7, 11) is 0. The van der Waals surface area contributed by atoms with Gasteiger partial charge in [0.15, 0.2) is 0 Å². The monoisotopic (exact) mass is 269 g/mol. The summed E-state index contributed by atoms with van der Waals surface area (Å²) < 4.78 is 5.19. The number of carbonyl (C=O) groups is 2. The number of hydrogen-bond donors (Lipinski definition) is 2. The molecule has 2 fully saturated rings. The lowest BCUT2D eigenvalue weighted by Crippen LogP contribution is -2.57. The highest BCUT2D eigenvalue weighted by Crippen LogP contribution is 2.27. The zero-order valence-electron chi connectivity index (χ0n) is 11.3. The van der Waals surface area contributed by atoms with Crippen molar-refractivity contribution in [3.8, 4) is 0 Å². The molecule has 1 saturated heterocycles. The number of carboxylic acids is 1. The summed E-state index contributed by atoms with van der Waals surface area (Å²) in [5.74, 6) is -0.622. The second-order valence-electron chi connectivity index (χ2n) is 5.76. The fourth-order valence-electron chi connectivity index (χ4n) is 3.08. The van der Waals surface area contributed by atoms with E-state index >= 15 is 0 Å². The summed E-state index contributed by atoms with van der Waals surface area (Å²) in [6, 6.07) is 0. The van der Waals surface area contributed by atoms with E-state index in [9.17, 15) is 14.7 Å². The van der Waals surface area contributed by atoms with Gasteiger partial charge in [-0.2, -0.15) is 0 Å². The number of rotatable bonds is 4. The van der Waals surface area contributed by atoms with Crippen LogP contribution >= 0.6 is 0 Å². The molecule has 1 amide bonds. The lowest BCUT2D eigenvalue weighted by Gasteiger charge is -2.34. The second kappa shape index (κ2) is 6.37. The average Bonchev–Trinajstić information content (AvgIpc) is 2.40. The molecule has 0 atom stereocenters. The molecule has 19 heavy (non-hydrogen) atoms. The van der Waals surface area contributed by atoms with Crippen molar-refractivity contribution in [3.63, 3.8) is 0 Å². The minimum Gasteiger partial charge on any atom is -0.480 e. The normalized spacial score (nSPS) is 23.8. The fourth-order valence-corrected chi connectivity index (χ4v) is 3.08. The number of hydrogen-bond acceptors (Lipinski definition) is 3. The third-order valence-corrected chi connectivity index (χ3v) is 4.33. The van der Waals surface area contributed by atoms with Gasteiger partial charge in [-0.05, 0) is 18.8 Å². The minimum absolute atomic E-state index is 0.115. The molecular weight excluding hydrogens is 246 g/mol. The summed E-state index contributed by atoms with van der Waals surface area (Å²) in [5.41, 5.74) is -1.11. The van der Waals surface area contributed by atoms with E-state index < -0.39 is 11.5 Å². The van der Waals surface area contributed by atoms with Crippen LogP contribution in [0.25, 0.3) is 0 Å². The van der Waals surface area contributed by atoms with Crippen LogP contribution in [-0.4, -0.2) is 35.7 Å². The first kappa shape index (κ1) is 14.3. The van der Waals surface area contributed by atoms with Gasteiger partial charge in [-0.3, -0.25) is 4.79 Å². The smallest absolute Gasteiger partial charge is 0.329 e. The average molecular weight is 269 g/mol. The predicted molar refractivity (Wildman–Crippen MR) is 69.8 cm³/mol. The largest absolute Gasteiger partial charge is 0.480 e. The maximum Gasteiger partial charge on any atom is 0.329 e. The van der Waals surface area contributed by atoms with Gasteiger partial charge in [0.25, 0.3) is 0 Å². The van der Waals surface area contributed by atoms with Gasteiger partial charge in [-0.25, -0.2) is 4.79 Å². The van der Waals surface area contributed by atoms with Crippen molar-refractivity contribution < 1.29 is 19.4 Å². The Morgan fingerprint density at radius 3 is 2.37 bits per heavy atom. The minimum atomic E-state index is -1.11. The molecule has 1 aliphatic carbocycles. The molecule has 2 rings (SSSR count). The first-order chi connectivity index (χ1) is 9.12. The number of nitrogens with one attached hydrogen (secondary N) is 1. The van der Waals surface area contributed by atoms with Crippen LogP contribution in [0.5, 0.6) is 0 Å².